The first-order valence-electron chi connectivity index (χ1n) is 5.36. The first kappa shape index (κ1) is 13.2. The molecule has 5 heteroatoms. The van der Waals surface area contributed by atoms with Crippen LogP contribution in [0.5, 0.6) is 0 Å². The van der Waals surface area contributed by atoms with Crippen molar-refractivity contribution in [2.75, 3.05) is 0 Å². The van der Waals surface area contributed by atoms with E-state index in [-0.39, 0.29) is 5.91 Å². The van der Waals surface area contributed by atoms with Crippen LogP contribution in [0.15, 0.2) is 18.2 Å². The zero-order chi connectivity index (χ0) is 12.8. The molecule has 0 aromatic heterocycles. The molecule has 0 aliphatic heterocycles. The van der Waals surface area contributed by atoms with Crippen LogP contribution >= 0.6 is 0 Å². The fraction of sp³-hybridized carbons (Fsp3) is 0.333. The Morgan fingerprint density at radius 1 is 1.35 bits per heavy atom. The second-order valence-corrected chi connectivity index (χ2v) is 3.97. The molecule has 0 radical (unpaired) electrons. The largest absolute Gasteiger partial charge is 0.370 e. The van der Waals surface area contributed by atoms with Gasteiger partial charge in [0, 0.05) is 12.0 Å². The smallest absolute Gasteiger partial charge is 0.274 e. The summed E-state index contributed by atoms with van der Waals surface area (Å²) in [4.78, 5) is 21.9. The molecule has 0 aliphatic carbocycles. The Kier molecular flexibility index (Phi) is 4.66. The molecule has 0 bridgehead atoms. The van der Waals surface area contributed by atoms with E-state index >= 15 is 0 Å². The molecule has 1 rings (SSSR count). The van der Waals surface area contributed by atoms with E-state index in [4.69, 9.17) is 10.9 Å². The van der Waals surface area contributed by atoms with E-state index in [1.54, 1.807) is 17.6 Å². The van der Waals surface area contributed by atoms with Crippen molar-refractivity contribution in [3.63, 3.8) is 0 Å². The van der Waals surface area contributed by atoms with Gasteiger partial charge in [0.15, 0.2) is 0 Å². The zero-order valence-electron chi connectivity index (χ0n) is 9.69. The van der Waals surface area contributed by atoms with Crippen molar-refractivity contribution in [1.82, 2.24) is 5.48 Å². The standard InChI is InChI=1S/C12H16N2O3/c1-8-5-9(3-2-4-11(13)15)7-10(6-8)12(16)14-17/h5-7,17H,2-4H2,1H3,(H2,13,15)(H,14,16). The third-order valence-electron chi connectivity index (χ3n) is 2.39. The molecule has 0 spiro atoms. The summed E-state index contributed by atoms with van der Waals surface area (Å²) >= 11 is 0. The van der Waals surface area contributed by atoms with Gasteiger partial charge < -0.3 is 5.73 Å². The number of hydrogen-bond donors (Lipinski definition) is 3. The normalized spacial score (nSPS) is 10.0. The van der Waals surface area contributed by atoms with Gasteiger partial charge in [0.1, 0.15) is 0 Å². The van der Waals surface area contributed by atoms with Gasteiger partial charge in [0.2, 0.25) is 5.91 Å². The summed E-state index contributed by atoms with van der Waals surface area (Å²) in [5.74, 6) is -0.865. The van der Waals surface area contributed by atoms with E-state index in [1.165, 1.54) is 0 Å². The summed E-state index contributed by atoms with van der Waals surface area (Å²) in [6.45, 7) is 1.87. The van der Waals surface area contributed by atoms with Gasteiger partial charge in [-0.05, 0) is 37.5 Å². The Morgan fingerprint density at radius 2 is 2.06 bits per heavy atom. The monoisotopic (exact) mass is 236 g/mol. The molecule has 0 aliphatic rings. The van der Waals surface area contributed by atoms with E-state index in [1.807, 2.05) is 13.0 Å². The second-order valence-electron chi connectivity index (χ2n) is 3.97. The molecule has 0 heterocycles. The van der Waals surface area contributed by atoms with Crippen LogP contribution in [-0.2, 0) is 11.2 Å². The quantitative estimate of drug-likeness (QED) is 0.524. The Bertz CT molecular complexity index is 430. The number of aryl methyl sites for hydroxylation is 2. The molecule has 0 atom stereocenters. The highest BCUT2D eigenvalue weighted by molar-refractivity contribution is 5.93. The summed E-state index contributed by atoms with van der Waals surface area (Å²) in [7, 11) is 0. The number of hydroxylamine groups is 1. The van der Waals surface area contributed by atoms with Crippen molar-refractivity contribution in [2.24, 2.45) is 5.73 Å². The summed E-state index contributed by atoms with van der Waals surface area (Å²) in [6, 6.07) is 5.32. The predicted octanol–water partition coefficient (Wildman–Crippen LogP) is 0.922. The van der Waals surface area contributed by atoms with Crippen molar-refractivity contribution in [1.29, 1.82) is 0 Å². The van der Waals surface area contributed by atoms with Gasteiger partial charge >= 0.3 is 0 Å². The van der Waals surface area contributed by atoms with Gasteiger partial charge in [-0.1, -0.05) is 11.6 Å². The first-order chi connectivity index (χ1) is 8.02. The van der Waals surface area contributed by atoms with Crippen LogP contribution < -0.4 is 11.2 Å². The minimum atomic E-state index is -0.537. The fourth-order valence-electron chi connectivity index (χ4n) is 1.67. The maximum atomic E-state index is 11.3. The maximum Gasteiger partial charge on any atom is 0.274 e. The number of amides is 2. The van der Waals surface area contributed by atoms with Gasteiger partial charge in [-0.2, -0.15) is 0 Å². The van der Waals surface area contributed by atoms with Crippen LogP contribution in [0, 0.1) is 6.92 Å². The number of rotatable bonds is 5. The lowest BCUT2D eigenvalue weighted by Gasteiger charge is -2.06. The Hall–Kier alpha value is -1.88. The second kappa shape index (κ2) is 6.00. The minimum Gasteiger partial charge on any atom is -0.370 e. The fourth-order valence-corrected chi connectivity index (χ4v) is 1.67. The molecule has 0 fully saturated rings. The van der Waals surface area contributed by atoms with Crippen LogP contribution in [0.25, 0.3) is 0 Å². The lowest BCUT2D eigenvalue weighted by molar-refractivity contribution is -0.118. The Balaban J connectivity index is 2.75. The highest BCUT2D eigenvalue weighted by Gasteiger charge is 2.06. The average molecular weight is 236 g/mol. The van der Waals surface area contributed by atoms with Gasteiger partial charge in [-0.25, -0.2) is 5.48 Å². The van der Waals surface area contributed by atoms with Crippen molar-refractivity contribution in [3.8, 4) is 0 Å². The Morgan fingerprint density at radius 3 is 2.65 bits per heavy atom. The molecule has 92 valence electrons. The molecule has 1 aromatic rings. The van der Waals surface area contributed by atoms with Gasteiger partial charge in [0.25, 0.3) is 5.91 Å². The molecule has 0 saturated carbocycles. The molecule has 2 amide bonds. The number of nitrogens with two attached hydrogens (primary N) is 1. The van der Waals surface area contributed by atoms with Gasteiger partial charge in [-0.3, -0.25) is 14.8 Å². The molecule has 0 saturated heterocycles. The van der Waals surface area contributed by atoms with Gasteiger partial charge in [0.05, 0.1) is 0 Å². The van der Waals surface area contributed by atoms with Crippen molar-refractivity contribution in [3.05, 3.63) is 34.9 Å². The number of nitrogens with one attached hydrogen (secondary N) is 1. The number of carbonyl (C=O) groups excluding carboxylic acids is 2. The molecular weight excluding hydrogens is 220 g/mol. The van der Waals surface area contributed by atoms with Gasteiger partial charge in [-0.15, -0.1) is 0 Å². The minimum absolute atomic E-state index is 0.328. The van der Waals surface area contributed by atoms with E-state index in [2.05, 4.69) is 0 Å². The SMILES string of the molecule is Cc1cc(CCCC(N)=O)cc(C(=O)NO)c1. The van der Waals surface area contributed by atoms with E-state index in [9.17, 15) is 9.59 Å². The maximum absolute atomic E-state index is 11.3. The average Bonchev–Trinajstić information content (AvgIpc) is 2.26. The van der Waals surface area contributed by atoms with Crippen LogP contribution in [-0.4, -0.2) is 17.0 Å². The zero-order valence-corrected chi connectivity index (χ0v) is 9.69. The Labute approximate surface area is 99.6 Å². The topological polar surface area (TPSA) is 92.4 Å². The van der Waals surface area contributed by atoms with Crippen LogP contribution in [0.1, 0.15) is 34.3 Å². The molecule has 1 aromatic carbocycles. The third-order valence-corrected chi connectivity index (χ3v) is 2.39. The summed E-state index contributed by atoms with van der Waals surface area (Å²) < 4.78 is 0. The lowest BCUT2D eigenvalue weighted by Crippen LogP contribution is -2.19. The molecule has 5 nitrogen and oxygen atoms in total. The first-order valence-corrected chi connectivity index (χ1v) is 5.36. The van der Waals surface area contributed by atoms with E-state index in [0.717, 1.165) is 11.1 Å². The molecule has 0 unspecified atom stereocenters. The molecular formula is C12H16N2O3. The predicted molar refractivity (Wildman–Crippen MR) is 62.6 cm³/mol. The lowest BCUT2D eigenvalue weighted by atomic mass is 10.0. The van der Waals surface area contributed by atoms with Crippen LogP contribution in [0.3, 0.4) is 0 Å². The highest BCUT2D eigenvalue weighted by Crippen LogP contribution is 2.12. The van der Waals surface area contributed by atoms with Crippen molar-refractivity contribution < 1.29 is 14.8 Å². The molecule has 4 N–H and O–H groups in total. The number of benzene rings is 1. The van der Waals surface area contributed by atoms with E-state index in [0.29, 0.717) is 24.8 Å². The summed E-state index contributed by atoms with van der Waals surface area (Å²) in [5.41, 5.74) is 8.93. The third kappa shape index (κ3) is 4.24. The summed E-state index contributed by atoms with van der Waals surface area (Å²) in [5, 5.41) is 8.56. The van der Waals surface area contributed by atoms with Crippen LogP contribution in [0.2, 0.25) is 0 Å². The number of primary amides is 1. The number of carbonyl (C=O) groups is 2. The van der Waals surface area contributed by atoms with Crippen LogP contribution in [0.4, 0.5) is 0 Å². The summed E-state index contributed by atoms with van der Waals surface area (Å²) in [6.07, 6.45) is 1.66. The highest BCUT2D eigenvalue weighted by atomic mass is 16.5. The number of hydrogen-bond acceptors (Lipinski definition) is 3. The van der Waals surface area contributed by atoms with Crippen molar-refractivity contribution in [2.45, 2.75) is 26.2 Å². The molecule has 17 heavy (non-hydrogen) atoms. The van der Waals surface area contributed by atoms with Crippen molar-refractivity contribution >= 4 is 11.8 Å². The van der Waals surface area contributed by atoms with E-state index < -0.39 is 5.91 Å².